The molecular formula is C14H15N3O3. The van der Waals surface area contributed by atoms with Gasteiger partial charge in [-0.1, -0.05) is 12.1 Å². The molecule has 0 aliphatic heterocycles. The minimum atomic E-state index is -0.481. The number of nitrogens with two attached hydrogens (primary N) is 1. The van der Waals surface area contributed by atoms with E-state index in [-0.39, 0.29) is 5.69 Å². The summed E-state index contributed by atoms with van der Waals surface area (Å²) in [5.41, 5.74) is 7.18. The average Bonchev–Trinajstić information content (AvgIpc) is 2.43. The predicted octanol–water partition coefficient (Wildman–Crippen LogP) is 2.59. The van der Waals surface area contributed by atoms with Crippen LogP contribution in [0.15, 0.2) is 36.5 Å². The molecule has 0 aliphatic carbocycles. The van der Waals surface area contributed by atoms with Gasteiger partial charge in [0.15, 0.2) is 0 Å². The Labute approximate surface area is 116 Å². The molecule has 2 aromatic rings. The highest BCUT2D eigenvalue weighted by molar-refractivity contribution is 5.39. The minimum absolute atomic E-state index is 0.0480. The molecule has 0 aliphatic rings. The highest BCUT2D eigenvalue weighted by Gasteiger charge is 2.10. The van der Waals surface area contributed by atoms with E-state index in [1.54, 1.807) is 6.92 Å². The van der Waals surface area contributed by atoms with E-state index in [0.29, 0.717) is 23.7 Å². The van der Waals surface area contributed by atoms with Crippen molar-refractivity contribution < 1.29 is 9.66 Å². The SMILES string of the molecule is Cc1cc([N+](=O)[O-])cnc1Oc1ccc(CCN)cc1. The Morgan fingerprint density at radius 2 is 2.05 bits per heavy atom. The molecule has 0 saturated carbocycles. The topological polar surface area (TPSA) is 91.3 Å². The van der Waals surface area contributed by atoms with Gasteiger partial charge >= 0.3 is 0 Å². The Bertz CT molecular complexity index is 612. The number of ether oxygens (including phenoxy) is 1. The number of aryl methyl sites for hydroxylation is 1. The van der Waals surface area contributed by atoms with Crippen LogP contribution in [0, 0.1) is 17.0 Å². The van der Waals surface area contributed by atoms with E-state index in [2.05, 4.69) is 4.98 Å². The van der Waals surface area contributed by atoms with Crippen LogP contribution < -0.4 is 10.5 Å². The second-order valence-corrected chi connectivity index (χ2v) is 4.36. The van der Waals surface area contributed by atoms with Crippen LogP contribution in [0.2, 0.25) is 0 Å². The van der Waals surface area contributed by atoms with Gasteiger partial charge in [-0.15, -0.1) is 0 Å². The highest BCUT2D eigenvalue weighted by Crippen LogP contribution is 2.25. The fraction of sp³-hybridized carbons (Fsp3) is 0.214. The van der Waals surface area contributed by atoms with E-state index >= 15 is 0 Å². The molecule has 20 heavy (non-hydrogen) atoms. The van der Waals surface area contributed by atoms with Crippen LogP contribution in [0.1, 0.15) is 11.1 Å². The third-order valence-corrected chi connectivity index (χ3v) is 2.80. The number of nitrogens with zero attached hydrogens (tertiary/aromatic N) is 2. The Morgan fingerprint density at radius 1 is 1.35 bits per heavy atom. The number of hydrogen-bond acceptors (Lipinski definition) is 5. The monoisotopic (exact) mass is 273 g/mol. The summed E-state index contributed by atoms with van der Waals surface area (Å²) in [6.07, 6.45) is 2.00. The molecule has 6 nitrogen and oxygen atoms in total. The normalized spacial score (nSPS) is 10.3. The van der Waals surface area contributed by atoms with Gasteiger partial charge < -0.3 is 10.5 Å². The largest absolute Gasteiger partial charge is 0.439 e. The molecule has 1 aromatic heterocycles. The first-order valence-electron chi connectivity index (χ1n) is 6.18. The Kier molecular flexibility index (Phi) is 4.27. The van der Waals surface area contributed by atoms with Crippen molar-refractivity contribution in [3.63, 3.8) is 0 Å². The third-order valence-electron chi connectivity index (χ3n) is 2.80. The number of benzene rings is 1. The van der Waals surface area contributed by atoms with Crippen LogP contribution in [-0.2, 0) is 6.42 Å². The standard InChI is InChI=1S/C14H15N3O3/c1-10-8-12(17(18)19)9-16-14(10)20-13-4-2-11(3-5-13)6-7-15/h2-5,8-9H,6-7,15H2,1H3. The summed E-state index contributed by atoms with van der Waals surface area (Å²) < 4.78 is 5.61. The summed E-state index contributed by atoms with van der Waals surface area (Å²) in [5.74, 6) is 0.998. The summed E-state index contributed by atoms with van der Waals surface area (Å²) in [7, 11) is 0. The van der Waals surface area contributed by atoms with Crippen molar-refractivity contribution in [3.05, 3.63) is 57.8 Å². The van der Waals surface area contributed by atoms with Crippen LogP contribution >= 0.6 is 0 Å². The molecule has 0 amide bonds. The van der Waals surface area contributed by atoms with Crippen LogP contribution in [0.5, 0.6) is 11.6 Å². The summed E-state index contributed by atoms with van der Waals surface area (Å²) in [4.78, 5) is 14.1. The second kappa shape index (κ2) is 6.12. The zero-order valence-electron chi connectivity index (χ0n) is 11.1. The van der Waals surface area contributed by atoms with Crippen molar-refractivity contribution in [2.24, 2.45) is 5.73 Å². The Hall–Kier alpha value is -2.47. The lowest BCUT2D eigenvalue weighted by atomic mass is 10.1. The van der Waals surface area contributed by atoms with Gasteiger partial charge in [-0.05, 0) is 37.6 Å². The molecule has 0 radical (unpaired) electrons. The summed E-state index contributed by atoms with van der Waals surface area (Å²) in [5, 5.41) is 10.6. The number of nitro groups is 1. The second-order valence-electron chi connectivity index (χ2n) is 4.36. The van der Waals surface area contributed by atoms with Gasteiger partial charge in [0.05, 0.1) is 4.92 Å². The fourth-order valence-electron chi connectivity index (χ4n) is 1.76. The van der Waals surface area contributed by atoms with E-state index in [1.807, 2.05) is 24.3 Å². The van der Waals surface area contributed by atoms with Gasteiger partial charge in [0.1, 0.15) is 11.9 Å². The van der Waals surface area contributed by atoms with Gasteiger partial charge in [0, 0.05) is 11.6 Å². The maximum Gasteiger partial charge on any atom is 0.288 e. The highest BCUT2D eigenvalue weighted by atomic mass is 16.6. The first-order chi connectivity index (χ1) is 9.60. The summed E-state index contributed by atoms with van der Waals surface area (Å²) >= 11 is 0. The van der Waals surface area contributed by atoms with Crippen molar-refractivity contribution in [1.29, 1.82) is 0 Å². The molecule has 0 saturated heterocycles. The molecule has 2 N–H and O–H groups in total. The first-order valence-corrected chi connectivity index (χ1v) is 6.18. The van der Waals surface area contributed by atoms with E-state index in [0.717, 1.165) is 12.0 Å². The van der Waals surface area contributed by atoms with Crippen molar-refractivity contribution in [2.45, 2.75) is 13.3 Å². The molecule has 0 unspecified atom stereocenters. The maximum atomic E-state index is 10.6. The molecule has 6 heteroatoms. The molecule has 104 valence electrons. The minimum Gasteiger partial charge on any atom is -0.439 e. The third kappa shape index (κ3) is 3.30. The Morgan fingerprint density at radius 3 is 2.60 bits per heavy atom. The molecule has 2 rings (SSSR count). The van der Waals surface area contributed by atoms with Crippen LogP contribution in [0.25, 0.3) is 0 Å². The van der Waals surface area contributed by atoms with Crippen molar-refractivity contribution >= 4 is 5.69 Å². The molecule has 0 fully saturated rings. The van der Waals surface area contributed by atoms with E-state index in [4.69, 9.17) is 10.5 Å². The average molecular weight is 273 g/mol. The number of rotatable bonds is 5. The molecule has 0 bridgehead atoms. The maximum absolute atomic E-state index is 10.6. The van der Waals surface area contributed by atoms with E-state index < -0.39 is 4.92 Å². The van der Waals surface area contributed by atoms with E-state index in [9.17, 15) is 10.1 Å². The first kappa shape index (κ1) is 14.0. The zero-order chi connectivity index (χ0) is 14.5. The Balaban J connectivity index is 2.15. The molecule has 0 atom stereocenters. The smallest absolute Gasteiger partial charge is 0.288 e. The van der Waals surface area contributed by atoms with Gasteiger partial charge in [0.2, 0.25) is 5.88 Å². The van der Waals surface area contributed by atoms with E-state index in [1.165, 1.54) is 12.3 Å². The van der Waals surface area contributed by atoms with Crippen molar-refractivity contribution in [3.8, 4) is 11.6 Å². The lowest BCUT2D eigenvalue weighted by molar-refractivity contribution is -0.385. The molecule has 1 heterocycles. The van der Waals surface area contributed by atoms with Crippen molar-refractivity contribution in [2.75, 3.05) is 6.54 Å². The quantitative estimate of drug-likeness (QED) is 0.667. The van der Waals surface area contributed by atoms with Crippen LogP contribution in [-0.4, -0.2) is 16.5 Å². The van der Waals surface area contributed by atoms with Gasteiger partial charge in [-0.3, -0.25) is 10.1 Å². The van der Waals surface area contributed by atoms with Gasteiger partial charge in [0.25, 0.3) is 5.69 Å². The summed E-state index contributed by atoms with van der Waals surface area (Å²) in [6, 6.07) is 8.96. The predicted molar refractivity (Wildman–Crippen MR) is 74.9 cm³/mol. The number of pyridine rings is 1. The van der Waals surface area contributed by atoms with Crippen LogP contribution in [0.3, 0.4) is 0 Å². The fourth-order valence-corrected chi connectivity index (χ4v) is 1.76. The zero-order valence-corrected chi connectivity index (χ0v) is 11.1. The lowest BCUT2D eigenvalue weighted by Crippen LogP contribution is -2.02. The van der Waals surface area contributed by atoms with Gasteiger partial charge in [-0.2, -0.15) is 0 Å². The van der Waals surface area contributed by atoms with Crippen LogP contribution in [0.4, 0.5) is 5.69 Å². The van der Waals surface area contributed by atoms with Crippen molar-refractivity contribution in [1.82, 2.24) is 4.98 Å². The lowest BCUT2D eigenvalue weighted by Gasteiger charge is -2.07. The molecular weight excluding hydrogens is 258 g/mol. The number of hydrogen-bond donors (Lipinski definition) is 1. The van der Waals surface area contributed by atoms with Gasteiger partial charge in [-0.25, -0.2) is 4.98 Å². The molecule has 1 aromatic carbocycles. The summed E-state index contributed by atoms with van der Waals surface area (Å²) in [6.45, 7) is 2.32. The molecule has 0 spiro atoms. The number of aromatic nitrogens is 1.